The molecule has 0 spiro atoms. The molecule has 0 saturated carbocycles. The van der Waals surface area contributed by atoms with Crippen molar-refractivity contribution in [3.63, 3.8) is 0 Å². The van der Waals surface area contributed by atoms with E-state index < -0.39 is 5.97 Å². The summed E-state index contributed by atoms with van der Waals surface area (Å²) in [5.74, 6) is 0.498. The van der Waals surface area contributed by atoms with Crippen LogP contribution < -0.4 is 10.1 Å². The number of benzene rings is 2. The summed E-state index contributed by atoms with van der Waals surface area (Å²) >= 11 is 0. The van der Waals surface area contributed by atoms with Crippen LogP contribution in [0.3, 0.4) is 0 Å². The largest absolute Gasteiger partial charge is 0.485 e. The van der Waals surface area contributed by atoms with Crippen LogP contribution in [0.2, 0.25) is 0 Å². The second-order valence-corrected chi connectivity index (χ2v) is 6.13. The molecule has 152 valence electrons. The van der Waals surface area contributed by atoms with Crippen LogP contribution in [0.1, 0.15) is 34.1 Å². The average Bonchev–Trinajstić information content (AvgIpc) is 3.18. The van der Waals surface area contributed by atoms with Crippen LogP contribution in [0, 0.1) is 18.3 Å². The van der Waals surface area contributed by atoms with Crippen molar-refractivity contribution in [1.82, 2.24) is 10.1 Å². The number of aryl methyl sites for hydroxylation is 1. The number of para-hydroxylation sites is 1. The molecule has 0 bridgehead atoms. The van der Waals surface area contributed by atoms with Crippen LogP contribution in [0.4, 0.5) is 5.69 Å². The average molecular weight is 406 g/mol. The van der Waals surface area contributed by atoms with Crippen molar-refractivity contribution in [2.75, 3.05) is 11.9 Å². The van der Waals surface area contributed by atoms with Gasteiger partial charge in [0.1, 0.15) is 18.4 Å². The van der Waals surface area contributed by atoms with Gasteiger partial charge in [-0.25, -0.2) is 4.79 Å². The molecule has 30 heavy (non-hydrogen) atoms. The van der Waals surface area contributed by atoms with Crippen LogP contribution in [0.25, 0.3) is 0 Å². The van der Waals surface area contributed by atoms with E-state index in [9.17, 15) is 9.59 Å². The van der Waals surface area contributed by atoms with Gasteiger partial charge in [0.15, 0.2) is 6.61 Å². The molecule has 1 N–H and O–H groups in total. The first-order valence-electron chi connectivity index (χ1n) is 9.03. The molecule has 9 nitrogen and oxygen atoms in total. The first-order chi connectivity index (χ1) is 14.5. The topological polar surface area (TPSA) is 127 Å². The molecule has 0 atom stereocenters. The van der Waals surface area contributed by atoms with Gasteiger partial charge in [0.2, 0.25) is 17.6 Å². The van der Waals surface area contributed by atoms with Gasteiger partial charge in [0.05, 0.1) is 23.2 Å². The number of hydrogen-bond acceptors (Lipinski definition) is 8. The van der Waals surface area contributed by atoms with Crippen molar-refractivity contribution < 1.29 is 23.6 Å². The Labute approximate surface area is 172 Å². The number of anilines is 1. The number of carbonyl (C=O) groups excluding carboxylic acids is 2. The smallest absolute Gasteiger partial charge is 0.338 e. The van der Waals surface area contributed by atoms with Gasteiger partial charge < -0.3 is 19.3 Å². The zero-order chi connectivity index (χ0) is 21.3. The summed E-state index contributed by atoms with van der Waals surface area (Å²) < 4.78 is 15.5. The fourth-order valence-electron chi connectivity index (χ4n) is 2.46. The summed E-state index contributed by atoms with van der Waals surface area (Å²) in [4.78, 5) is 28.1. The third kappa shape index (κ3) is 5.65. The third-order valence-electron chi connectivity index (χ3n) is 3.91. The van der Waals surface area contributed by atoms with E-state index in [0.717, 1.165) is 0 Å². The summed E-state index contributed by atoms with van der Waals surface area (Å²) in [6.07, 6.45) is -0.0309. The molecule has 0 aliphatic carbocycles. The van der Waals surface area contributed by atoms with Crippen LogP contribution in [0.5, 0.6) is 5.75 Å². The molecule has 0 unspecified atom stereocenters. The number of esters is 1. The minimum absolute atomic E-state index is 0.0309. The third-order valence-corrected chi connectivity index (χ3v) is 3.91. The summed E-state index contributed by atoms with van der Waals surface area (Å²) in [6, 6.07) is 15.0. The van der Waals surface area contributed by atoms with Gasteiger partial charge in [-0.2, -0.15) is 10.2 Å². The van der Waals surface area contributed by atoms with E-state index >= 15 is 0 Å². The Morgan fingerprint density at radius 3 is 2.63 bits per heavy atom. The molecular formula is C21H18N4O5. The van der Waals surface area contributed by atoms with E-state index in [1.54, 1.807) is 55.5 Å². The van der Waals surface area contributed by atoms with E-state index in [1.807, 2.05) is 6.07 Å². The van der Waals surface area contributed by atoms with Gasteiger partial charge in [-0.1, -0.05) is 17.3 Å². The van der Waals surface area contributed by atoms with Gasteiger partial charge >= 0.3 is 5.97 Å². The maximum atomic E-state index is 12.1. The molecule has 3 aromatic rings. The van der Waals surface area contributed by atoms with Crippen molar-refractivity contribution in [3.05, 3.63) is 71.4 Å². The van der Waals surface area contributed by atoms with E-state index in [4.69, 9.17) is 19.3 Å². The van der Waals surface area contributed by atoms with Gasteiger partial charge in [0.25, 0.3) is 0 Å². The number of carbonyl (C=O) groups is 2. The van der Waals surface area contributed by atoms with Crippen molar-refractivity contribution in [3.8, 4) is 11.8 Å². The summed E-state index contributed by atoms with van der Waals surface area (Å²) in [5, 5.41) is 15.4. The first kappa shape index (κ1) is 20.5. The lowest BCUT2D eigenvalue weighted by atomic mass is 10.2. The first-order valence-corrected chi connectivity index (χ1v) is 9.03. The highest BCUT2D eigenvalue weighted by Crippen LogP contribution is 2.15. The van der Waals surface area contributed by atoms with Gasteiger partial charge in [-0.05, 0) is 36.4 Å². The summed E-state index contributed by atoms with van der Waals surface area (Å²) in [6.45, 7) is 1.74. The molecule has 1 aromatic heterocycles. The zero-order valence-corrected chi connectivity index (χ0v) is 16.1. The van der Waals surface area contributed by atoms with E-state index in [2.05, 4.69) is 15.5 Å². The molecule has 1 amide bonds. The normalized spacial score (nSPS) is 10.1. The number of nitrogens with one attached hydrogen (secondary N) is 1. The fraction of sp³-hybridized carbons (Fsp3) is 0.190. The highest BCUT2D eigenvalue weighted by molar-refractivity contribution is 5.93. The van der Waals surface area contributed by atoms with Crippen LogP contribution in [-0.4, -0.2) is 28.6 Å². The number of rotatable bonds is 8. The van der Waals surface area contributed by atoms with Gasteiger partial charge in [0, 0.05) is 6.92 Å². The standard InChI is InChI=1S/C21H18N4O5/c1-14-23-19(25-30-14)13-29-17-8-6-15(7-9-17)21(27)28-11-10-20(26)24-18-5-3-2-4-16(18)12-22/h2-9H,10-11,13H2,1H3,(H,24,26). The lowest BCUT2D eigenvalue weighted by Crippen LogP contribution is -2.16. The van der Waals surface area contributed by atoms with E-state index in [1.165, 1.54) is 0 Å². The highest BCUT2D eigenvalue weighted by atomic mass is 16.5. The SMILES string of the molecule is Cc1nc(COc2ccc(C(=O)OCCC(=O)Nc3ccccc3C#N)cc2)no1. The van der Waals surface area contributed by atoms with Crippen LogP contribution >= 0.6 is 0 Å². The predicted molar refractivity (Wildman–Crippen MR) is 104 cm³/mol. The van der Waals surface area contributed by atoms with E-state index in [-0.39, 0.29) is 25.5 Å². The van der Waals surface area contributed by atoms with Crippen molar-refractivity contribution >= 4 is 17.6 Å². The number of aromatic nitrogens is 2. The maximum absolute atomic E-state index is 12.1. The van der Waals surface area contributed by atoms with E-state index in [0.29, 0.717) is 34.3 Å². The lowest BCUT2D eigenvalue weighted by molar-refractivity contribution is -0.116. The molecule has 0 saturated heterocycles. The molecule has 0 fully saturated rings. The summed E-state index contributed by atoms with van der Waals surface area (Å²) in [7, 11) is 0. The molecule has 2 aromatic carbocycles. The Balaban J connectivity index is 1.43. The maximum Gasteiger partial charge on any atom is 0.338 e. The van der Waals surface area contributed by atoms with Crippen molar-refractivity contribution in [1.29, 1.82) is 5.26 Å². The molecule has 0 radical (unpaired) electrons. The van der Waals surface area contributed by atoms with Crippen molar-refractivity contribution in [2.24, 2.45) is 0 Å². The van der Waals surface area contributed by atoms with Crippen LogP contribution in [0.15, 0.2) is 53.1 Å². The number of hydrogen-bond donors (Lipinski definition) is 1. The molecular weight excluding hydrogens is 388 g/mol. The molecule has 0 aliphatic rings. The van der Waals surface area contributed by atoms with Gasteiger partial charge in [-0.3, -0.25) is 4.79 Å². The Morgan fingerprint density at radius 2 is 1.93 bits per heavy atom. The molecule has 9 heteroatoms. The van der Waals surface area contributed by atoms with Crippen molar-refractivity contribution in [2.45, 2.75) is 20.0 Å². The quantitative estimate of drug-likeness (QED) is 0.566. The Hall–Kier alpha value is -4.19. The lowest BCUT2D eigenvalue weighted by Gasteiger charge is -2.08. The minimum atomic E-state index is -0.555. The summed E-state index contributed by atoms with van der Waals surface area (Å²) in [5.41, 5.74) is 1.11. The van der Waals surface area contributed by atoms with Gasteiger partial charge in [-0.15, -0.1) is 0 Å². The molecule has 1 heterocycles. The number of amides is 1. The zero-order valence-electron chi connectivity index (χ0n) is 16.1. The van der Waals surface area contributed by atoms with Crippen LogP contribution in [-0.2, 0) is 16.1 Å². The second kappa shape index (κ2) is 9.84. The number of nitriles is 1. The minimum Gasteiger partial charge on any atom is -0.485 e. The predicted octanol–water partition coefficient (Wildman–Crippen LogP) is 3.01. The Bertz CT molecular complexity index is 1070. The monoisotopic (exact) mass is 406 g/mol. The highest BCUT2D eigenvalue weighted by Gasteiger charge is 2.11. The number of ether oxygens (including phenoxy) is 2. The number of nitrogens with zero attached hydrogens (tertiary/aromatic N) is 3. The molecule has 0 aliphatic heterocycles. The Morgan fingerprint density at radius 1 is 1.17 bits per heavy atom. The Kier molecular flexibility index (Phi) is 6.74. The molecule has 3 rings (SSSR count). The fourth-order valence-corrected chi connectivity index (χ4v) is 2.46. The second-order valence-electron chi connectivity index (χ2n) is 6.13.